The first-order valence-electron chi connectivity index (χ1n) is 7.88. The Labute approximate surface area is 137 Å². The topological polar surface area (TPSA) is 77.6 Å². The molecule has 1 aliphatic rings. The summed E-state index contributed by atoms with van der Waals surface area (Å²) >= 11 is 0. The molecule has 3 amide bonds. The van der Waals surface area contributed by atoms with Gasteiger partial charge < -0.3 is 20.4 Å². The standard InChI is InChI=1S/C16H25N5O2/c1-12(22)19-14-7-5-9-21(11-14)16(23)18-10-13-6-4-8-17-15(13)20(2)3/h4,6,8,14H,5,7,9-11H2,1-3H3,(H,18,23)(H,19,22)/t14-/m0/s1. The number of carbonyl (C=O) groups is 2. The lowest BCUT2D eigenvalue weighted by atomic mass is 10.1. The molecule has 2 N–H and O–H groups in total. The number of nitrogens with zero attached hydrogens (tertiary/aromatic N) is 3. The minimum absolute atomic E-state index is 0.0442. The van der Waals surface area contributed by atoms with Crippen LogP contribution in [0.1, 0.15) is 25.3 Å². The number of likely N-dealkylation sites (tertiary alicyclic amines) is 1. The van der Waals surface area contributed by atoms with Crippen molar-refractivity contribution in [2.75, 3.05) is 32.1 Å². The lowest BCUT2D eigenvalue weighted by molar-refractivity contribution is -0.119. The van der Waals surface area contributed by atoms with Crippen LogP contribution in [0.4, 0.5) is 10.6 Å². The molecular weight excluding hydrogens is 294 g/mol. The number of nitrogens with one attached hydrogen (secondary N) is 2. The van der Waals surface area contributed by atoms with Gasteiger partial charge in [-0.1, -0.05) is 6.07 Å². The van der Waals surface area contributed by atoms with Gasteiger partial charge in [0.25, 0.3) is 0 Å². The van der Waals surface area contributed by atoms with E-state index in [1.807, 2.05) is 31.1 Å². The lowest BCUT2D eigenvalue weighted by Crippen LogP contribution is -2.51. The predicted molar refractivity (Wildman–Crippen MR) is 89.2 cm³/mol. The molecule has 0 radical (unpaired) electrons. The van der Waals surface area contributed by atoms with Gasteiger partial charge in [-0.2, -0.15) is 0 Å². The number of hydrogen-bond acceptors (Lipinski definition) is 4. The first kappa shape index (κ1) is 17.1. The third-order valence-corrected chi connectivity index (χ3v) is 3.84. The van der Waals surface area contributed by atoms with Crippen molar-refractivity contribution >= 4 is 17.8 Å². The van der Waals surface area contributed by atoms with Gasteiger partial charge in [-0.25, -0.2) is 9.78 Å². The predicted octanol–water partition coefficient (Wildman–Crippen LogP) is 0.958. The minimum Gasteiger partial charge on any atom is -0.362 e. The van der Waals surface area contributed by atoms with Gasteiger partial charge in [0.05, 0.1) is 0 Å². The van der Waals surface area contributed by atoms with Crippen LogP contribution in [0.5, 0.6) is 0 Å². The average Bonchev–Trinajstić information content (AvgIpc) is 2.52. The van der Waals surface area contributed by atoms with Gasteiger partial charge in [0.15, 0.2) is 0 Å². The second kappa shape index (κ2) is 7.80. The summed E-state index contributed by atoms with van der Waals surface area (Å²) in [5.74, 6) is 0.797. The Kier molecular flexibility index (Phi) is 5.78. The van der Waals surface area contributed by atoms with Crippen molar-refractivity contribution in [3.63, 3.8) is 0 Å². The van der Waals surface area contributed by atoms with Gasteiger partial charge in [0.2, 0.25) is 5.91 Å². The fourth-order valence-corrected chi connectivity index (χ4v) is 2.82. The average molecular weight is 319 g/mol. The Morgan fingerprint density at radius 2 is 2.22 bits per heavy atom. The van der Waals surface area contributed by atoms with E-state index >= 15 is 0 Å². The summed E-state index contributed by atoms with van der Waals surface area (Å²) in [5, 5.41) is 5.83. The van der Waals surface area contributed by atoms with E-state index in [9.17, 15) is 9.59 Å². The van der Waals surface area contributed by atoms with Crippen molar-refractivity contribution in [3.05, 3.63) is 23.9 Å². The quantitative estimate of drug-likeness (QED) is 0.866. The molecule has 2 heterocycles. The fraction of sp³-hybridized carbons (Fsp3) is 0.562. The highest BCUT2D eigenvalue weighted by molar-refractivity contribution is 5.75. The Morgan fingerprint density at radius 1 is 1.43 bits per heavy atom. The van der Waals surface area contributed by atoms with Gasteiger partial charge in [-0.15, -0.1) is 0 Å². The van der Waals surface area contributed by atoms with E-state index in [0.29, 0.717) is 13.1 Å². The molecule has 2 rings (SSSR count). The van der Waals surface area contributed by atoms with Crippen molar-refractivity contribution in [1.29, 1.82) is 0 Å². The fourth-order valence-electron chi connectivity index (χ4n) is 2.82. The molecular formula is C16H25N5O2. The van der Waals surface area contributed by atoms with Crippen LogP contribution in [-0.4, -0.2) is 55.0 Å². The van der Waals surface area contributed by atoms with Crippen LogP contribution in [-0.2, 0) is 11.3 Å². The number of piperidine rings is 1. The smallest absolute Gasteiger partial charge is 0.317 e. The zero-order valence-corrected chi connectivity index (χ0v) is 14.0. The molecule has 126 valence electrons. The Hall–Kier alpha value is -2.31. The number of anilines is 1. The van der Waals surface area contributed by atoms with E-state index in [0.717, 1.165) is 30.8 Å². The van der Waals surface area contributed by atoms with E-state index in [1.165, 1.54) is 6.92 Å². The number of hydrogen-bond donors (Lipinski definition) is 2. The van der Waals surface area contributed by atoms with Crippen molar-refractivity contribution in [2.45, 2.75) is 32.4 Å². The largest absolute Gasteiger partial charge is 0.362 e. The SMILES string of the molecule is CC(=O)N[C@H]1CCCN(C(=O)NCc2cccnc2N(C)C)C1. The van der Waals surface area contributed by atoms with E-state index in [1.54, 1.807) is 11.1 Å². The summed E-state index contributed by atoms with van der Waals surface area (Å²) < 4.78 is 0. The summed E-state index contributed by atoms with van der Waals surface area (Å²) in [4.78, 5) is 31.5. The second-order valence-electron chi connectivity index (χ2n) is 6.02. The molecule has 0 saturated carbocycles. The third-order valence-electron chi connectivity index (χ3n) is 3.84. The van der Waals surface area contributed by atoms with Crippen LogP contribution in [0.15, 0.2) is 18.3 Å². The lowest BCUT2D eigenvalue weighted by Gasteiger charge is -2.33. The summed E-state index contributed by atoms with van der Waals surface area (Å²) in [6, 6.07) is 3.76. The molecule has 1 fully saturated rings. The van der Waals surface area contributed by atoms with Gasteiger partial charge in [-0.05, 0) is 18.9 Å². The zero-order valence-electron chi connectivity index (χ0n) is 14.0. The molecule has 23 heavy (non-hydrogen) atoms. The highest BCUT2D eigenvalue weighted by Crippen LogP contribution is 2.15. The first-order chi connectivity index (χ1) is 11.0. The molecule has 7 nitrogen and oxygen atoms in total. The maximum absolute atomic E-state index is 12.4. The summed E-state index contributed by atoms with van der Waals surface area (Å²) in [6.07, 6.45) is 3.55. The number of amides is 3. The number of urea groups is 1. The van der Waals surface area contributed by atoms with E-state index in [2.05, 4.69) is 15.6 Å². The maximum atomic E-state index is 12.4. The normalized spacial score (nSPS) is 17.5. The van der Waals surface area contributed by atoms with Gasteiger partial charge >= 0.3 is 6.03 Å². The first-order valence-corrected chi connectivity index (χ1v) is 7.88. The molecule has 7 heteroatoms. The van der Waals surface area contributed by atoms with Crippen LogP contribution in [0.2, 0.25) is 0 Å². The highest BCUT2D eigenvalue weighted by Gasteiger charge is 2.24. The molecule has 0 unspecified atom stereocenters. The molecule has 1 atom stereocenters. The highest BCUT2D eigenvalue weighted by atomic mass is 16.2. The van der Waals surface area contributed by atoms with E-state index in [-0.39, 0.29) is 18.0 Å². The van der Waals surface area contributed by atoms with Gasteiger partial charge in [0.1, 0.15) is 5.82 Å². The molecule has 1 aliphatic heterocycles. The Balaban J connectivity index is 1.91. The number of rotatable bonds is 4. The second-order valence-corrected chi connectivity index (χ2v) is 6.02. The van der Waals surface area contributed by atoms with Gasteiger partial charge in [0, 0.05) is 58.5 Å². The van der Waals surface area contributed by atoms with E-state index < -0.39 is 0 Å². The van der Waals surface area contributed by atoms with Crippen LogP contribution < -0.4 is 15.5 Å². The van der Waals surface area contributed by atoms with E-state index in [4.69, 9.17) is 0 Å². The molecule has 1 saturated heterocycles. The van der Waals surface area contributed by atoms with Crippen LogP contribution in [0.25, 0.3) is 0 Å². The Bertz CT molecular complexity index is 561. The molecule has 0 spiro atoms. The Morgan fingerprint density at radius 3 is 2.91 bits per heavy atom. The van der Waals surface area contributed by atoms with Crippen molar-refractivity contribution in [2.24, 2.45) is 0 Å². The molecule has 0 aromatic carbocycles. The third kappa shape index (κ3) is 4.84. The summed E-state index contributed by atoms with van der Waals surface area (Å²) in [6.45, 7) is 3.21. The summed E-state index contributed by atoms with van der Waals surface area (Å²) in [7, 11) is 3.85. The van der Waals surface area contributed by atoms with Crippen molar-refractivity contribution < 1.29 is 9.59 Å². The summed E-state index contributed by atoms with van der Waals surface area (Å²) in [5.41, 5.74) is 0.973. The molecule has 0 aliphatic carbocycles. The monoisotopic (exact) mass is 319 g/mol. The molecule has 0 bridgehead atoms. The number of aromatic nitrogens is 1. The number of pyridine rings is 1. The van der Waals surface area contributed by atoms with Crippen LogP contribution >= 0.6 is 0 Å². The zero-order chi connectivity index (χ0) is 16.8. The maximum Gasteiger partial charge on any atom is 0.317 e. The van der Waals surface area contributed by atoms with Crippen LogP contribution in [0, 0.1) is 0 Å². The van der Waals surface area contributed by atoms with Gasteiger partial charge in [-0.3, -0.25) is 4.79 Å². The van der Waals surface area contributed by atoms with Crippen molar-refractivity contribution in [1.82, 2.24) is 20.5 Å². The minimum atomic E-state index is -0.103. The number of carbonyl (C=O) groups excluding carboxylic acids is 2. The van der Waals surface area contributed by atoms with Crippen LogP contribution in [0.3, 0.4) is 0 Å². The van der Waals surface area contributed by atoms with Crippen molar-refractivity contribution in [3.8, 4) is 0 Å². The molecule has 1 aromatic rings. The molecule has 1 aromatic heterocycles.